The Hall–Kier alpha value is -1.14. The second-order valence-corrected chi connectivity index (χ2v) is 6.60. The zero-order valence-corrected chi connectivity index (χ0v) is 19.9. The van der Waals surface area contributed by atoms with Crippen molar-refractivity contribution in [2.45, 2.75) is 45.6 Å². The lowest BCUT2D eigenvalue weighted by Gasteiger charge is -2.19. The Bertz CT molecular complexity index is 764. The number of nitrogens with zero attached hydrogens (tertiary/aromatic N) is 3. The molecular formula is C20H25I2N3O3. The van der Waals surface area contributed by atoms with Crippen LogP contribution in [0.25, 0.3) is 0 Å². The maximum atomic E-state index is 12.5. The maximum Gasteiger partial charge on any atom is 0.258 e. The predicted octanol–water partition coefficient (Wildman–Crippen LogP) is -3.53. The second kappa shape index (κ2) is 13.2. The van der Waals surface area contributed by atoms with Crippen LogP contribution in [-0.2, 0) is 18.2 Å². The fourth-order valence-electron chi connectivity index (χ4n) is 3.34. The highest BCUT2D eigenvalue weighted by Gasteiger charge is 2.22. The highest BCUT2D eigenvalue weighted by molar-refractivity contribution is 5.97. The third-order valence-electron chi connectivity index (χ3n) is 4.79. The molecule has 152 valence electrons. The van der Waals surface area contributed by atoms with Gasteiger partial charge in [0.1, 0.15) is 6.21 Å². The fourth-order valence-corrected chi connectivity index (χ4v) is 3.34. The van der Waals surface area contributed by atoms with Gasteiger partial charge in [-0.2, -0.15) is 9.13 Å². The molecule has 0 spiro atoms. The minimum atomic E-state index is 0. The monoisotopic (exact) mass is 609 g/mol. The number of carbonyl (C=O) groups is 1. The Morgan fingerprint density at radius 2 is 1.79 bits per heavy atom. The van der Waals surface area contributed by atoms with Crippen molar-refractivity contribution >= 4 is 12.0 Å². The average molecular weight is 609 g/mol. The summed E-state index contributed by atoms with van der Waals surface area (Å²) in [7, 11) is 0. The first kappa shape index (κ1) is 24.9. The van der Waals surface area contributed by atoms with Gasteiger partial charge in [-0.1, -0.05) is 24.4 Å². The number of ether oxygens (including phenoxy) is 1. The first-order valence-corrected chi connectivity index (χ1v) is 9.05. The van der Waals surface area contributed by atoms with Crippen molar-refractivity contribution in [2.24, 2.45) is 11.1 Å². The summed E-state index contributed by atoms with van der Waals surface area (Å²) >= 11 is 0. The Balaban J connectivity index is 0.00000196. The minimum Gasteiger partial charge on any atom is -1.00 e. The molecule has 28 heavy (non-hydrogen) atoms. The zero-order valence-electron chi connectivity index (χ0n) is 15.6. The third-order valence-corrected chi connectivity index (χ3v) is 4.79. The lowest BCUT2D eigenvalue weighted by Crippen LogP contribution is -3.00. The van der Waals surface area contributed by atoms with E-state index in [1.54, 1.807) is 0 Å². The van der Waals surface area contributed by atoms with Crippen molar-refractivity contribution in [2.75, 3.05) is 0 Å². The number of carbonyl (C=O) groups excluding carboxylic acids is 1. The molecule has 6 nitrogen and oxygen atoms in total. The van der Waals surface area contributed by atoms with Crippen LogP contribution in [0.1, 0.15) is 48.2 Å². The largest absolute Gasteiger partial charge is 1.00 e. The number of aromatic nitrogens is 2. The topological polar surface area (TPSA) is 66.7 Å². The van der Waals surface area contributed by atoms with E-state index in [1.807, 2.05) is 58.1 Å². The van der Waals surface area contributed by atoms with Gasteiger partial charge in [0.15, 0.2) is 24.4 Å². The number of ketones is 1. The molecule has 2 heterocycles. The lowest BCUT2D eigenvalue weighted by molar-refractivity contribution is -0.788. The highest BCUT2D eigenvalue weighted by atomic mass is 127. The second-order valence-electron chi connectivity index (χ2n) is 6.60. The van der Waals surface area contributed by atoms with Crippen molar-refractivity contribution in [1.82, 2.24) is 0 Å². The summed E-state index contributed by atoms with van der Waals surface area (Å²) in [6.07, 6.45) is 12.6. The quantitative estimate of drug-likeness (QED) is 0.0885. The number of oxime groups is 1. The SMILES string of the molecule is O=C(c1cc[n+](COC[n+]2ccccc2C=NO)cc1)C1CCCCC1.[I-].[I-]. The average Bonchev–Trinajstić information content (AvgIpc) is 2.70. The predicted molar refractivity (Wildman–Crippen MR) is 94.6 cm³/mol. The Morgan fingerprint density at radius 1 is 1.07 bits per heavy atom. The van der Waals surface area contributed by atoms with E-state index in [2.05, 4.69) is 5.16 Å². The fraction of sp³-hybridized carbons (Fsp3) is 0.400. The van der Waals surface area contributed by atoms with Crippen molar-refractivity contribution in [1.29, 1.82) is 0 Å². The van der Waals surface area contributed by atoms with E-state index in [4.69, 9.17) is 9.94 Å². The van der Waals surface area contributed by atoms with E-state index >= 15 is 0 Å². The molecule has 0 saturated heterocycles. The van der Waals surface area contributed by atoms with E-state index < -0.39 is 0 Å². The summed E-state index contributed by atoms with van der Waals surface area (Å²) < 4.78 is 9.43. The molecule has 0 atom stereocenters. The van der Waals surface area contributed by atoms with E-state index in [-0.39, 0.29) is 59.7 Å². The zero-order chi connectivity index (χ0) is 18.2. The summed E-state index contributed by atoms with van der Waals surface area (Å²) in [6.45, 7) is 0.702. The summed E-state index contributed by atoms with van der Waals surface area (Å²) in [5, 5.41) is 11.8. The molecule has 2 aromatic heterocycles. The number of pyridine rings is 2. The highest BCUT2D eigenvalue weighted by Crippen LogP contribution is 2.26. The molecule has 1 aliphatic carbocycles. The normalized spacial score (nSPS) is 14.3. The van der Waals surface area contributed by atoms with E-state index in [0.717, 1.165) is 36.9 Å². The van der Waals surface area contributed by atoms with Crippen molar-refractivity contribution in [3.63, 3.8) is 0 Å². The molecule has 1 N–H and O–H groups in total. The Kier molecular flexibility index (Phi) is 11.7. The van der Waals surface area contributed by atoms with Crippen LogP contribution in [0, 0.1) is 5.92 Å². The molecule has 2 aromatic rings. The first-order chi connectivity index (χ1) is 12.8. The summed E-state index contributed by atoms with van der Waals surface area (Å²) in [5.41, 5.74) is 1.53. The van der Waals surface area contributed by atoms with Crippen LogP contribution in [0.2, 0.25) is 0 Å². The third kappa shape index (κ3) is 7.03. The van der Waals surface area contributed by atoms with Gasteiger partial charge in [0.25, 0.3) is 13.5 Å². The minimum absolute atomic E-state index is 0. The van der Waals surface area contributed by atoms with Gasteiger partial charge in [0.05, 0.1) is 0 Å². The lowest BCUT2D eigenvalue weighted by atomic mass is 9.84. The van der Waals surface area contributed by atoms with Crippen LogP contribution < -0.4 is 57.1 Å². The molecular weight excluding hydrogens is 584 g/mol. The smallest absolute Gasteiger partial charge is 0.258 e. The summed E-state index contributed by atoms with van der Waals surface area (Å²) in [4.78, 5) is 12.5. The molecule has 8 heteroatoms. The molecule has 0 unspecified atom stereocenters. The number of hydrogen-bond donors (Lipinski definition) is 1. The molecule has 3 rings (SSSR count). The standard InChI is InChI=1S/C20H24N3O3.2HI/c24-20(17-6-2-1-3-7-17)18-9-12-22(13-10-18)15-26-16-23-11-5-4-8-19(23)14-21-25;;/h4-5,8-14,17H,1-3,6-7,15-16H2;2*1H/q+1;;/p-1. The van der Waals surface area contributed by atoms with Gasteiger partial charge in [-0.15, -0.1) is 0 Å². The number of hydrogen-bond acceptors (Lipinski definition) is 4. The Morgan fingerprint density at radius 3 is 2.46 bits per heavy atom. The van der Waals surface area contributed by atoms with Gasteiger partial charge < -0.3 is 53.2 Å². The van der Waals surface area contributed by atoms with E-state index in [0.29, 0.717) is 13.5 Å². The van der Waals surface area contributed by atoms with E-state index in [1.165, 1.54) is 12.6 Å². The van der Waals surface area contributed by atoms with Crippen LogP contribution in [0.5, 0.6) is 0 Å². The number of rotatable bonds is 7. The molecule has 0 aromatic carbocycles. The molecule has 1 fully saturated rings. The van der Waals surface area contributed by atoms with Gasteiger partial charge in [-0.3, -0.25) is 9.53 Å². The van der Waals surface area contributed by atoms with Crippen LogP contribution in [0.3, 0.4) is 0 Å². The number of halogens is 2. The molecule has 0 aliphatic heterocycles. The summed E-state index contributed by atoms with van der Waals surface area (Å²) in [5.74, 6) is 0.461. The summed E-state index contributed by atoms with van der Waals surface area (Å²) in [6, 6.07) is 9.34. The molecule has 1 aliphatic rings. The van der Waals surface area contributed by atoms with Gasteiger partial charge >= 0.3 is 0 Å². The van der Waals surface area contributed by atoms with Crippen molar-refractivity contribution < 1.29 is 71.8 Å². The Labute approximate surface area is 199 Å². The van der Waals surface area contributed by atoms with Gasteiger partial charge in [-0.25, -0.2) is 0 Å². The van der Waals surface area contributed by atoms with E-state index in [9.17, 15) is 4.79 Å². The molecule has 1 saturated carbocycles. The van der Waals surface area contributed by atoms with Gasteiger partial charge in [0, 0.05) is 35.7 Å². The van der Waals surface area contributed by atoms with Crippen LogP contribution in [-0.4, -0.2) is 17.2 Å². The van der Waals surface area contributed by atoms with Gasteiger partial charge in [0.2, 0.25) is 5.69 Å². The van der Waals surface area contributed by atoms with Crippen LogP contribution in [0.15, 0.2) is 54.1 Å². The molecule has 0 bridgehead atoms. The van der Waals surface area contributed by atoms with Crippen molar-refractivity contribution in [3.05, 3.63) is 60.2 Å². The molecule has 0 radical (unpaired) electrons. The van der Waals surface area contributed by atoms with Crippen LogP contribution >= 0.6 is 0 Å². The maximum absolute atomic E-state index is 12.5. The van der Waals surface area contributed by atoms with Crippen molar-refractivity contribution in [3.8, 4) is 0 Å². The first-order valence-electron chi connectivity index (χ1n) is 9.05. The van der Waals surface area contributed by atoms with Gasteiger partial charge in [-0.05, 0) is 18.9 Å². The number of Topliss-reactive ketones (excluding diaryl/α,β-unsaturated/α-hetero) is 1. The van der Waals surface area contributed by atoms with Crippen LogP contribution in [0.4, 0.5) is 0 Å². The molecule has 0 amide bonds.